The van der Waals surface area contributed by atoms with Crippen molar-refractivity contribution in [1.29, 1.82) is 0 Å². The molecule has 2 atom stereocenters. The molecule has 204 valence electrons. The summed E-state index contributed by atoms with van der Waals surface area (Å²) < 4.78 is 47.3. The van der Waals surface area contributed by atoms with Crippen molar-refractivity contribution in [3.8, 4) is 11.5 Å². The number of carboxylic acid groups (broad SMARTS) is 1. The zero-order chi connectivity index (χ0) is 28.1. The van der Waals surface area contributed by atoms with Crippen molar-refractivity contribution in [3.05, 3.63) is 70.7 Å². The number of ether oxygens (including phenoxy) is 2. The number of hydrogen-bond acceptors (Lipinski definition) is 4. The van der Waals surface area contributed by atoms with Crippen molar-refractivity contribution in [2.24, 2.45) is 5.41 Å². The van der Waals surface area contributed by atoms with E-state index in [-0.39, 0.29) is 23.7 Å². The molecule has 10 heteroatoms. The first-order chi connectivity index (χ1) is 17.9. The molecule has 0 aliphatic heterocycles. The van der Waals surface area contributed by atoms with E-state index in [9.17, 15) is 27.9 Å². The van der Waals surface area contributed by atoms with Gasteiger partial charge in [0, 0.05) is 10.4 Å². The number of nitrogens with one attached hydrogen (secondary N) is 1. The Bertz CT molecular complexity index is 1300. The van der Waals surface area contributed by atoms with Crippen molar-refractivity contribution in [3.63, 3.8) is 0 Å². The first-order valence-corrected chi connectivity index (χ1v) is 12.5. The number of alkyl halides is 3. The Kier molecular flexibility index (Phi) is 9.14. The van der Waals surface area contributed by atoms with Gasteiger partial charge in [-0.2, -0.15) is 0 Å². The molecule has 0 saturated heterocycles. The van der Waals surface area contributed by atoms with Crippen LogP contribution in [0.1, 0.15) is 56.0 Å². The molecule has 3 aromatic rings. The fourth-order valence-electron chi connectivity index (χ4n) is 4.38. The summed E-state index contributed by atoms with van der Waals surface area (Å²) in [6.45, 7) is 5.59. The molecular formula is C28H29ClF3NO5. The lowest BCUT2D eigenvalue weighted by Gasteiger charge is -2.34. The summed E-state index contributed by atoms with van der Waals surface area (Å²) in [4.78, 5) is 25.6. The average molecular weight is 552 g/mol. The molecule has 38 heavy (non-hydrogen) atoms. The first-order valence-electron chi connectivity index (χ1n) is 12.1. The minimum atomic E-state index is -4.80. The quantitative estimate of drug-likeness (QED) is 0.260. The Labute approximate surface area is 223 Å². The van der Waals surface area contributed by atoms with E-state index in [1.807, 2.05) is 20.8 Å². The van der Waals surface area contributed by atoms with Crippen LogP contribution in [-0.2, 0) is 11.4 Å². The highest BCUT2D eigenvalue weighted by molar-refractivity contribution is 6.31. The summed E-state index contributed by atoms with van der Waals surface area (Å²) in [5.41, 5.74) is -0.0368. The molecule has 0 unspecified atom stereocenters. The van der Waals surface area contributed by atoms with Crippen LogP contribution >= 0.6 is 11.6 Å². The van der Waals surface area contributed by atoms with Gasteiger partial charge < -0.3 is 19.9 Å². The highest BCUT2D eigenvalue weighted by atomic mass is 35.5. The van der Waals surface area contributed by atoms with Gasteiger partial charge in [-0.3, -0.25) is 4.79 Å². The zero-order valence-electron chi connectivity index (χ0n) is 21.2. The van der Waals surface area contributed by atoms with Gasteiger partial charge in [-0.1, -0.05) is 63.1 Å². The van der Waals surface area contributed by atoms with E-state index >= 15 is 0 Å². The van der Waals surface area contributed by atoms with Gasteiger partial charge in [0.15, 0.2) is 0 Å². The van der Waals surface area contributed by atoms with Gasteiger partial charge in [0.1, 0.15) is 24.1 Å². The molecule has 0 radical (unpaired) electrons. The van der Waals surface area contributed by atoms with Crippen LogP contribution in [-0.4, -0.2) is 29.4 Å². The Balaban J connectivity index is 1.95. The Morgan fingerprint density at radius 1 is 1.05 bits per heavy atom. The maximum atomic E-state index is 13.5. The summed E-state index contributed by atoms with van der Waals surface area (Å²) in [7, 11) is 0. The van der Waals surface area contributed by atoms with E-state index in [1.165, 1.54) is 12.1 Å². The summed E-state index contributed by atoms with van der Waals surface area (Å²) in [5, 5.41) is 14.3. The minimum absolute atomic E-state index is 0.0803. The van der Waals surface area contributed by atoms with E-state index in [0.29, 0.717) is 28.8 Å². The summed E-state index contributed by atoms with van der Waals surface area (Å²) in [6.07, 6.45) is -2.91. The molecule has 0 heterocycles. The number of hydrogen-bond donors (Lipinski definition) is 2. The van der Waals surface area contributed by atoms with E-state index in [2.05, 4.69) is 10.1 Å². The summed E-state index contributed by atoms with van der Waals surface area (Å²) in [6, 6.07) is 12.3. The SMILES string of the molecule is CCC[C@@](C)(CC)[C@H](NC(=O)c1ccc2ccc(Cl)cc2c1OCc1ccc(OC(F)(F)F)cc1)C(=O)O. The number of aliphatic carboxylic acids is 1. The molecule has 3 rings (SSSR count). The molecule has 0 saturated carbocycles. The molecule has 2 N–H and O–H groups in total. The van der Waals surface area contributed by atoms with Gasteiger partial charge in [-0.25, -0.2) is 4.79 Å². The largest absolute Gasteiger partial charge is 0.573 e. The lowest BCUT2D eigenvalue weighted by Crippen LogP contribution is -2.51. The van der Waals surface area contributed by atoms with Crippen molar-refractivity contribution >= 4 is 34.2 Å². The normalized spacial score (nSPS) is 14.0. The van der Waals surface area contributed by atoms with Crippen LogP contribution in [0.4, 0.5) is 13.2 Å². The van der Waals surface area contributed by atoms with E-state index in [1.54, 1.807) is 30.3 Å². The third kappa shape index (κ3) is 7.10. The van der Waals surface area contributed by atoms with Crippen LogP contribution in [0.5, 0.6) is 11.5 Å². The molecular weight excluding hydrogens is 523 g/mol. The fourth-order valence-corrected chi connectivity index (χ4v) is 4.55. The number of fused-ring (bicyclic) bond motifs is 1. The summed E-state index contributed by atoms with van der Waals surface area (Å²) in [5.74, 6) is -1.96. The monoisotopic (exact) mass is 551 g/mol. The van der Waals surface area contributed by atoms with Crippen LogP contribution in [0.15, 0.2) is 54.6 Å². The molecule has 0 aromatic heterocycles. The molecule has 0 aliphatic rings. The lowest BCUT2D eigenvalue weighted by atomic mass is 9.76. The van der Waals surface area contributed by atoms with Crippen molar-refractivity contribution in [2.45, 2.75) is 59.0 Å². The Morgan fingerprint density at radius 2 is 1.71 bits per heavy atom. The number of amides is 1. The molecule has 0 bridgehead atoms. The number of benzene rings is 3. The molecule has 3 aromatic carbocycles. The van der Waals surface area contributed by atoms with Gasteiger partial charge in [-0.15, -0.1) is 13.2 Å². The summed E-state index contributed by atoms with van der Waals surface area (Å²) >= 11 is 6.21. The van der Waals surface area contributed by atoms with Gasteiger partial charge in [0.25, 0.3) is 5.91 Å². The highest BCUT2D eigenvalue weighted by Crippen LogP contribution is 2.35. The second-order valence-electron chi connectivity index (χ2n) is 9.29. The van der Waals surface area contributed by atoms with E-state index in [0.717, 1.165) is 23.9 Å². The third-order valence-electron chi connectivity index (χ3n) is 6.57. The lowest BCUT2D eigenvalue weighted by molar-refractivity contribution is -0.274. The number of rotatable bonds is 11. The smallest absolute Gasteiger partial charge is 0.487 e. The Morgan fingerprint density at radius 3 is 2.29 bits per heavy atom. The highest BCUT2D eigenvalue weighted by Gasteiger charge is 2.39. The van der Waals surface area contributed by atoms with Crippen LogP contribution < -0.4 is 14.8 Å². The zero-order valence-corrected chi connectivity index (χ0v) is 21.9. The topological polar surface area (TPSA) is 84.9 Å². The maximum Gasteiger partial charge on any atom is 0.573 e. The van der Waals surface area contributed by atoms with Gasteiger partial charge >= 0.3 is 12.3 Å². The molecule has 0 aliphatic carbocycles. The molecule has 0 spiro atoms. The standard InChI is InChI=1S/C28H29ClF3NO5/c1-4-14-27(3,5-2)24(26(35)36)33-25(34)21-13-9-18-8-10-19(29)15-22(18)23(21)37-16-17-6-11-20(12-7-17)38-28(30,31)32/h6-13,15,24H,4-5,14,16H2,1-3H3,(H,33,34)(H,35,36)/t24-,27-/m1/s1. The van der Waals surface area contributed by atoms with Gasteiger partial charge in [0.2, 0.25) is 0 Å². The van der Waals surface area contributed by atoms with Crippen molar-refractivity contribution in [2.75, 3.05) is 0 Å². The van der Waals surface area contributed by atoms with Crippen molar-refractivity contribution < 1.29 is 37.3 Å². The molecule has 1 amide bonds. The number of carboxylic acids is 1. The van der Waals surface area contributed by atoms with Crippen LogP contribution in [0.25, 0.3) is 10.8 Å². The van der Waals surface area contributed by atoms with Gasteiger partial charge in [-0.05, 0) is 59.5 Å². The first kappa shape index (κ1) is 29.1. The van der Waals surface area contributed by atoms with E-state index in [4.69, 9.17) is 16.3 Å². The van der Waals surface area contributed by atoms with Crippen LogP contribution in [0.3, 0.4) is 0 Å². The Hall–Kier alpha value is -3.46. The van der Waals surface area contributed by atoms with Gasteiger partial charge in [0.05, 0.1) is 5.56 Å². The second-order valence-corrected chi connectivity index (χ2v) is 9.73. The van der Waals surface area contributed by atoms with Crippen molar-refractivity contribution in [1.82, 2.24) is 5.32 Å². The van der Waals surface area contributed by atoms with Crippen LogP contribution in [0, 0.1) is 5.41 Å². The predicted octanol–water partition coefficient (Wildman–Crippen LogP) is 7.37. The number of halogens is 4. The average Bonchev–Trinajstić information content (AvgIpc) is 2.85. The number of carbonyl (C=O) groups is 2. The van der Waals surface area contributed by atoms with E-state index < -0.39 is 29.7 Å². The third-order valence-corrected chi connectivity index (χ3v) is 6.80. The number of carbonyl (C=O) groups excluding carboxylic acids is 1. The fraction of sp³-hybridized carbons (Fsp3) is 0.357. The second kappa shape index (κ2) is 11.9. The predicted molar refractivity (Wildman–Crippen MR) is 139 cm³/mol. The van der Waals surface area contributed by atoms with Crippen LogP contribution in [0.2, 0.25) is 5.02 Å². The minimum Gasteiger partial charge on any atom is -0.487 e. The molecule has 0 fully saturated rings. The maximum absolute atomic E-state index is 13.5. The molecule has 6 nitrogen and oxygen atoms in total.